The Morgan fingerprint density at radius 2 is 1.93 bits per heavy atom. The van der Waals surface area contributed by atoms with E-state index >= 15 is 0 Å². The second-order valence-corrected chi connectivity index (χ2v) is 2.79. The van der Waals surface area contributed by atoms with E-state index < -0.39 is 18.8 Å². The second-order valence-electron chi connectivity index (χ2n) is 2.79. The van der Waals surface area contributed by atoms with Crippen molar-refractivity contribution in [3.05, 3.63) is 17.3 Å². The predicted octanol–water partition coefficient (Wildman–Crippen LogP) is 1.91. The van der Waals surface area contributed by atoms with E-state index in [9.17, 15) is 13.2 Å². The van der Waals surface area contributed by atoms with Crippen LogP contribution in [0, 0.1) is 19.7 Å². The third-order valence-electron chi connectivity index (χ3n) is 1.55. The van der Waals surface area contributed by atoms with Gasteiger partial charge >= 0.3 is 0 Å². The molecule has 0 bridgehead atoms. The molecule has 78 valence electrons. The number of alkyl halides is 2. The second kappa shape index (κ2) is 4.26. The average Bonchev–Trinajstić information content (AvgIpc) is 2.08. The van der Waals surface area contributed by atoms with Crippen LogP contribution in [0.3, 0.4) is 0 Å². The Morgan fingerprint density at radius 3 is 2.50 bits per heavy atom. The number of anilines is 1. The summed E-state index contributed by atoms with van der Waals surface area (Å²) < 4.78 is 36.8. The van der Waals surface area contributed by atoms with Crippen LogP contribution < -0.4 is 5.32 Å². The molecule has 0 aliphatic carbocycles. The Hall–Kier alpha value is -1.33. The highest BCUT2D eigenvalue weighted by molar-refractivity contribution is 5.37. The number of nitrogens with zero attached hydrogens (tertiary/aromatic N) is 2. The molecule has 0 amide bonds. The SMILES string of the molecule is Cc1nc(C)c(F)c(NCC(F)F)n1. The maximum Gasteiger partial charge on any atom is 0.255 e. The standard InChI is InChI=1S/C8H10F3N3/c1-4-7(11)8(12-3-6(9)10)14-5(2)13-4/h6H,3H2,1-2H3,(H,12,13,14). The molecular formula is C8H10F3N3. The Bertz CT molecular complexity index is 328. The van der Waals surface area contributed by atoms with Crippen molar-refractivity contribution in [1.82, 2.24) is 9.97 Å². The molecule has 1 aromatic heterocycles. The molecule has 0 unspecified atom stereocenters. The van der Waals surface area contributed by atoms with Crippen molar-refractivity contribution < 1.29 is 13.2 Å². The molecule has 0 saturated heterocycles. The zero-order valence-electron chi connectivity index (χ0n) is 7.81. The van der Waals surface area contributed by atoms with E-state index in [1.54, 1.807) is 6.92 Å². The molecule has 0 fully saturated rings. The number of rotatable bonds is 3. The minimum Gasteiger partial charge on any atom is -0.362 e. The van der Waals surface area contributed by atoms with Gasteiger partial charge in [0.2, 0.25) is 0 Å². The molecule has 14 heavy (non-hydrogen) atoms. The molecule has 0 spiro atoms. The summed E-state index contributed by atoms with van der Waals surface area (Å²) in [6, 6.07) is 0. The maximum absolute atomic E-state index is 13.2. The van der Waals surface area contributed by atoms with Crippen molar-refractivity contribution in [3.8, 4) is 0 Å². The highest BCUT2D eigenvalue weighted by Crippen LogP contribution is 2.13. The summed E-state index contributed by atoms with van der Waals surface area (Å²) in [5, 5.41) is 2.22. The highest BCUT2D eigenvalue weighted by atomic mass is 19.3. The lowest BCUT2D eigenvalue weighted by atomic mass is 10.4. The van der Waals surface area contributed by atoms with Crippen LogP contribution in [0.5, 0.6) is 0 Å². The molecule has 0 aliphatic heterocycles. The first-order valence-corrected chi connectivity index (χ1v) is 4.03. The van der Waals surface area contributed by atoms with Crippen LogP contribution in [0.4, 0.5) is 19.0 Å². The first kappa shape index (κ1) is 10.7. The van der Waals surface area contributed by atoms with Crippen molar-refractivity contribution in [2.24, 2.45) is 0 Å². The monoisotopic (exact) mass is 205 g/mol. The van der Waals surface area contributed by atoms with Gasteiger partial charge in [0.1, 0.15) is 5.82 Å². The molecule has 0 aromatic carbocycles. The Balaban J connectivity index is 2.85. The largest absolute Gasteiger partial charge is 0.362 e. The molecule has 0 atom stereocenters. The van der Waals surface area contributed by atoms with E-state index in [0.717, 1.165) is 0 Å². The van der Waals surface area contributed by atoms with Gasteiger partial charge in [-0.15, -0.1) is 0 Å². The van der Waals surface area contributed by atoms with Crippen LogP contribution >= 0.6 is 0 Å². The van der Waals surface area contributed by atoms with Crippen LogP contribution in [0.15, 0.2) is 0 Å². The van der Waals surface area contributed by atoms with E-state index in [-0.39, 0.29) is 11.5 Å². The van der Waals surface area contributed by atoms with Crippen LogP contribution in [-0.4, -0.2) is 22.9 Å². The third kappa shape index (κ3) is 2.58. The number of halogens is 3. The van der Waals surface area contributed by atoms with E-state index in [4.69, 9.17) is 0 Å². The average molecular weight is 205 g/mol. The van der Waals surface area contributed by atoms with Crippen molar-refractivity contribution in [2.75, 3.05) is 11.9 Å². The van der Waals surface area contributed by atoms with Gasteiger partial charge in [0, 0.05) is 0 Å². The fourth-order valence-electron chi connectivity index (χ4n) is 0.990. The number of hydrogen-bond acceptors (Lipinski definition) is 3. The Morgan fingerprint density at radius 1 is 1.29 bits per heavy atom. The molecular weight excluding hydrogens is 195 g/mol. The zero-order chi connectivity index (χ0) is 10.7. The van der Waals surface area contributed by atoms with Gasteiger partial charge in [0.05, 0.1) is 12.2 Å². The molecule has 1 rings (SSSR count). The number of aryl methyl sites for hydroxylation is 2. The molecule has 1 heterocycles. The fraction of sp³-hybridized carbons (Fsp3) is 0.500. The highest BCUT2D eigenvalue weighted by Gasteiger charge is 2.11. The van der Waals surface area contributed by atoms with Crippen LogP contribution in [0.2, 0.25) is 0 Å². The number of aromatic nitrogens is 2. The molecule has 1 aromatic rings. The smallest absolute Gasteiger partial charge is 0.255 e. The minimum atomic E-state index is -2.54. The van der Waals surface area contributed by atoms with Gasteiger partial charge < -0.3 is 5.32 Å². The van der Waals surface area contributed by atoms with E-state index in [1.165, 1.54) is 6.92 Å². The topological polar surface area (TPSA) is 37.8 Å². The number of nitrogens with one attached hydrogen (secondary N) is 1. The lowest BCUT2D eigenvalue weighted by Gasteiger charge is -2.07. The molecule has 0 aliphatic rings. The Labute approximate surface area is 79.4 Å². The maximum atomic E-state index is 13.2. The van der Waals surface area contributed by atoms with Gasteiger partial charge in [-0.1, -0.05) is 0 Å². The Kier molecular flexibility index (Phi) is 3.27. The van der Waals surface area contributed by atoms with E-state index in [0.29, 0.717) is 5.82 Å². The predicted molar refractivity (Wildman–Crippen MR) is 46.0 cm³/mol. The number of hydrogen-bond donors (Lipinski definition) is 1. The molecule has 6 heteroatoms. The van der Waals surface area contributed by atoms with Gasteiger partial charge in [-0.2, -0.15) is 0 Å². The zero-order valence-corrected chi connectivity index (χ0v) is 7.81. The first-order chi connectivity index (χ1) is 6.50. The van der Waals surface area contributed by atoms with Crippen LogP contribution in [0.25, 0.3) is 0 Å². The summed E-state index contributed by atoms with van der Waals surface area (Å²) in [5.41, 5.74) is 0.147. The summed E-state index contributed by atoms with van der Waals surface area (Å²) in [5.74, 6) is -0.507. The summed E-state index contributed by atoms with van der Waals surface area (Å²) in [6.07, 6.45) is -2.54. The van der Waals surface area contributed by atoms with Crippen molar-refractivity contribution in [1.29, 1.82) is 0 Å². The first-order valence-electron chi connectivity index (χ1n) is 4.03. The minimum absolute atomic E-state index is 0.147. The van der Waals surface area contributed by atoms with Gasteiger partial charge in [0.25, 0.3) is 6.43 Å². The summed E-state index contributed by atoms with van der Waals surface area (Å²) in [6.45, 7) is 2.41. The van der Waals surface area contributed by atoms with Gasteiger partial charge in [0.15, 0.2) is 11.6 Å². The van der Waals surface area contributed by atoms with Crippen LogP contribution in [0.1, 0.15) is 11.5 Å². The van der Waals surface area contributed by atoms with Gasteiger partial charge in [-0.3, -0.25) is 0 Å². The van der Waals surface area contributed by atoms with Crippen LogP contribution in [-0.2, 0) is 0 Å². The van der Waals surface area contributed by atoms with Crippen molar-refractivity contribution in [2.45, 2.75) is 20.3 Å². The fourth-order valence-corrected chi connectivity index (χ4v) is 0.990. The summed E-state index contributed by atoms with van der Waals surface area (Å²) >= 11 is 0. The van der Waals surface area contributed by atoms with E-state index in [1.807, 2.05) is 0 Å². The molecule has 0 radical (unpaired) electrons. The molecule has 3 nitrogen and oxygen atoms in total. The summed E-state index contributed by atoms with van der Waals surface area (Å²) in [7, 11) is 0. The van der Waals surface area contributed by atoms with Gasteiger partial charge in [-0.25, -0.2) is 23.1 Å². The lowest BCUT2D eigenvalue weighted by molar-refractivity contribution is 0.163. The molecule has 0 saturated carbocycles. The van der Waals surface area contributed by atoms with Crippen molar-refractivity contribution in [3.63, 3.8) is 0 Å². The summed E-state index contributed by atoms with van der Waals surface area (Å²) in [4.78, 5) is 7.42. The quantitative estimate of drug-likeness (QED) is 0.819. The lowest BCUT2D eigenvalue weighted by Crippen LogP contribution is -2.14. The molecule has 1 N–H and O–H groups in total. The van der Waals surface area contributed by atoms with E-state index in [2.05, 4.69) is 15.3 Å². The van der Waals surface area contributed by atoms with Crippen molar-refractivity contribution >= 4 is 5.82 Å². The normalized spacial score (nSPS) is 10.7. The van der Waals surface area contributed by atoms with Gasteiger partial charge in [-0.05, 0) is 13.8 Å². The third-order valence-corrected chi connectivity index (χ3v) is 1.55.